The van der Waals surface area contributed by atoms with Crippen LogP contribution in [-0.2, 0) is 14.4 Å². The maximum atomic E-state index is 10.5. The van der Waals surface area contributed by atoms with Gasteiger partial charge in [0.15, 0.2) is 0 Å². The minimum absolute atomic E-state index is 0.0284. The summed E-state index contributed by atoms with van der Waals surface area (Å²) in [7, 11) is 0. The molecule has 0 aromatic heterocycles. The highest BCUT2D eigenvalue weighted by molar-refractivity contribution is 7.99. The first-order valence-corrected chi connectivity index (χ1v) is 7.02. The highest BCUT2D eigenvalue weighted by atomic mass is 32.2. The Bertz CT molecular complexity index is 292. The second kappa shape index (κ2) is 10.6. The van der Waals surface area contributed by atoms with Gasteiger partial charge in [0.2, 0.25) is 0 Å². The number of carboxylic acid groups (broad SMARTS) is 3. The van der Waals surface area contributed by atoms with Gasteiger partial charge in [-0.05, 0) is 0 Å². The van der Waals surface area contributed by atoms with Crippen LogP contribution in [0.25, 0.3) is 0 Å². The molecule has 0 rings (SSSR count). The van der Waals surface area contributed by atoms with E-state index in [1.165, 1.54) is 11.8 Å². The lowest BCUT2D eigenvalue weighted by Crippen LogP contribution is -2.31. The molecule has 3 N–H and O–H groups in total. The normalized spacial score (nSPS) is 10.6. The molecular formula is C11H19NO6S. The van der Waals surface area contributed by atoms with E-state index in [0.29, 0.717) is 31.1 Å². The van der Waals surface area contributed by atoms with Crippen molar-refractivity contribution < 1.29 is 29.7 Å². The van der Waals surface area contributed by atoms with Gasteiger partial charge in [-0.3, -0.25) is 14.4 Å². The van der Waals surface area contributed by atoms with Gasteiger partial charge in [0, 0.05) is 31.1 Å². The molecule has 7 nitrogen and oxygen atoms in total. The predicted molar refractivity (Wildman–Crippen MR) is 70.5 cm³/mol. The van der Waals surface area contributed by atoms with Crippen molar-refractivity contribution in [3.8, 4) is 0 Å². The topological polar surface area (TPSA) is 115 Å². The van der Waals surface area contributed by atoms with Crippen LogP contribution in [-0.4, -0.2) is 69.3 Å². The quantitative estimate of drug-likeness (QED) is 0.444. The molecule has 0 bridgehead atoms. The molecule has 19 heavy (non-hydrogen) atoms. The van der Waals surface area contributed by atoms with Crippen molar-refractivity contribution in [3.63, 3.8) is 0 Å². The molecule has 0 amide bonds. The second-order valence-electron chi connectivity index (χ2n) is 3.89. The third-order valence-corrected chi connectivity index (χ3v) is 3.26. The van der Waals surface area contributed by atoms with Crippen LogP contribution in [0.5, 0.6) is 0 Å². The van der Waals surface area contributed by atoms with Crippen LogP contribution in [0.15, 0.2) is 0 Å². The first-order chi connectivity index (χ1) is 8.91. The molecule has 0 fully saturated rings. The fourth-order valence-corrected chi connectivity index (χ4v) is 2.21. The number of rotatable bonds is 12. The summed E-state index contributed by atoms with van der Waals surface area (Å²) in [6.45, 7) is 1.18. The maximum absolute atomic E-state index is 10.5. The van der Waals surface area contributed by atoms with E-state index in [1.807, 2.05) is 0 Å². The van der Waals surface area contributed by atoms with E-state index >= 15 is 0 Å². The van der Waals surface area contributed by atoms with Crippen molar-refractivity contribution in [3.05, 3.63) is 0 Å². The fourth-order valence-electron chi connectivity index (χ4n) is 1.30. The molecule has 0 aliphatic carbocycles. The van der Waals surface area contributed by atoms with Crippen LogP contribution >= 0.6 is 11.8 Å². The van der Waals surface area contributed by atoms with Gasteiger partial charge in [-0.15, -0.1) is 0 Å². The summed E-state index contributed by atoms with van der Waals surface area (Å²) in [6.07, 6.45) is 0.0355. The molecule has 0 saturated carbocycles. The monoisotopic (exact) mass is 293 g/mol. The van der Waals surface area contributed by atoms with Gasteiger partial charge >= 0.3 is 17.9 Å². The lowest BCUT2D eigenvalue weighted by molar-refractivity contribution is -0.138. The van der Waals surface area contributed by atoms with Crippen molar-refractivity contribution in [1.82, 2.24) is 4.90 Å². The Labute approximate surface area is 115 Å². The maximum Gasteiger partial charge on any atom is 0.304 e. The first-order valence-electron chi connectivity index (χ1n) is 5.87. The molecule has 8 heteroatoms. The summed E-state index contributed by atoms with van der Waals surface area (Å²) in [4.78, 5) is 33.0. The molecule has 0 aromatic carbocycles. The molecule has 0 aromatic rings. The number of thioether (sulfide) groups is 1. The zero-order valence-corrected chi connectivity index (χ0v) is 11.4. The summed E-state index contributed by atoms with van der Waals surface area (Å²) < 4.78 is 0. The van der Waals surface area contributed by atoms with Crippen LogP contribution in [0.3, 0.4) is 0 Å². The number of aliphatic carboxylic acids is 3. The first kappa shape index (κ1) is 17.7. The third kappa shape index (κ3) is 13.0. The number of carboxylic acids is 3. The van der Waals surface area contributed by atoms with Crippen LogP contribution in [0.2, 0.25) is 0 Å². The average molecular weight is 293 g/mol. The molecule has 0 atom stereocenters. The van der Waals surface area contributed by atoms with Gasteiger partial charge in [-0.1, -0.05) is 0 Å². The van der Waals surface area contributed by atoms with Crippen molar-refractivity contribution >= 4 is 29.7 Å². The molecule has 0 unspecified atom stereocenters. The van der Waals surface area contributed by atoms with Crippen LogP contribution in [0.4, 0.5) is 0 Å². The minimum Gasteiger partial charge on any atom is -0.481 e. The Kier molecular flexibility index (Phi) is 9.91. The predicted octanol–water partition coefficient (Wildman–Crippen LogP) is 0.446. The van der Waals surface area contributed by atoms with E-state index in [-0.39, 0.29) is 19.3 Å². The van der Waals surface area contributed by atoms with Crippen LogP contribution in [0.1, 0.15) is 19.3 Å². The largest absolute Gasteiger partial charge is 0.481 e. The van der Waals surface area contributed by atoms with Gasteiger partial charge in [0.05, 0.1) is 19.3 Å². The molecule has 0 heterocycles. The van der Waals surface area contributed by atoms with Crippen molar-refractivity contribution in [1.29, 1.82) is 0 Å². The SMILES string of the molecule is O=C(O)CCSCCN(CCC(=O)O)CCC(=O)O. The standard InChI is InChI=1S/C11H19NO6S/c13-9(14)1-4-12(5-2-10(15)16)6-8-19-7-3-11(17)18/h1-8H2,(H,13,14)(H,15,16)(H,17,18). The van der Waals surface area contributed by atoms with E-state index in [4.69, 9.17) is 15.3 Å². The fraction of sp³-hybridized carbons (Fsp3) is 0.727. The van der Waals surface area contributed by atoms with Gasteiger partial charge in [0.1, 0.15) is 0 Å². The van der Waals surface area contributed by atoms with E-state index < -0.39 is 17.9 Å². The molecule has 110 valence electrons. The zero-order valence-electron chi connectivity index (χ0n) is 10.6. The Morgan fingerprint density at radius 2 is 1.21 bits per heavy atom. The van der Waals surface area contributed by atoms with Gasteiger partial charge in [-0.25, -0.2) is 0 Å². The third-order valence-electron chi connectivity index (χ3n) is 2.30. The van der Waals surface area contributed by atoms with Gasteiger partial charge in [0.25, 0.3) is 0 Å². The van der Waals surface area contributed by atoms with E-state index in [2.05, 4.69) is 0 Å². The zero-order chi connectivity index (χ0) is 14.7. The van der Waals surface area contributed by atoms with Crippen LogP contribution in [0, 0.1) is 0 Å². The van der Waals surface area contributed by atoms with Gasteiger partial charge in [-0.2, -0.15) is 11.8 Å². The number of nitrogens with zero attached hydrogens (tertiary/aromatic N) is 1. The van der Waals surface area contributed by atoms with Crippen molar-refractivity contribution in [2.45, 2.75) is 19.3 Å². The van der Waals surface area contributed by atoms with Crippen molar-refractivity contribution in [2.75, 3.05) is 31.1 Å². The summed E-state index contributed by atoms with van der Waals surface area (Å²) in [5.74, 6) is -1.52. The average Bonchev–Trinajstić information content (AvgIpc) is 2.30. The number of hydrogen-bond acceptors (Lipinski definition) is 5. The van der Waals surface area contributed by atoms with E-state index in [9.17, 15) is 14.4 Å². The second-order valence-corrected chi connectivity index (χ2v) is 5.11. The van der Waals surface area contributed by atoms with Crippen LogP contribution < -0.4 is 0 Å². The lowest BCUT2D eigenvalue weighted by Gasteiger charge is -2.20. The Hall–Kier alpha value is -1.28. The molecule has 0 aliphatic heterocycles. The molecule has 0 aliphatic rings. The summed E-state index contributed by atoms with van der Waals surface area (Å²) in [5.41, 5.74) is 0. The highest BCUT2D eigenvalue weighted by Crippen LogP contribution is 2.04. The lowest BCUT2D eigenvalue weighted by atomic mass is 10.3. The Morgan fingerprint density at radius 3 is 1.63 bits per heavy atom. The summed E-state index contributed by atoms with van der Waals surface area (Å²) in [6, 6.07) is 0. The number of hydrogen-bond donors (Lipinski definition) is 3. The van der Waals surface area contributed by atoms with E-state index in [0.717, 1.165) is 0 Å². The Morgan fingerprint density at radius 1 is 0.737 bits per heavy atom. The molecule has 0 spiro atoms. The van der Waals surface area contributed by atoms with Gasteiger partial charge < -0.3 is 20.2 Å². The molecule has 0 saturated heterocycles. The molecule has 0 radical (unpaired) electrons. The molecular weight excluding hydrogens is 274 g/mol. The number of carbonyl (C=O) groups is 3. The smallest absolute Gasteiger partial charge is 0.304 e. The highest BCUT2D eigenvalue weighted by Gasteiger charge is 2.09. The summed E-state index contributed by atoms with van der Waals surface area (Å²) in [5, 5.41) is 25.7. The van der Waals surface area contributed by atoms with E-state index in [1.54, 1.807) is 4.90 Å². The van der Waals surface area contributed by atoms with Crippen molar-refractivity contribution in [2.24, 2.45) is 0 Å². The summed E-state index contributed by atoms with van der Waals surface area (Å²) >= 11 is 1.46. The minimum atomic E-state index is -0.918. The Balaban J connectivity index is 3.86.